The lowest BCUT2D eigenvalue weighted by molar-refractivity contribution is -0.154. The van der Waals surface area contributed by atoms with Crippen LogP contribution in [-0.4, -0.2) is 59.5 Å². The number of nitriles is 1. The van der Waals surface area contributed by atoms with Crippen LogP contribution in [0.4, 0.5) is 0 Å². The first kappa shape index (κ1) is 21.1. The van der Waals surface area contributed by atoms with E-state index in [0.717, 1.165) is 36.0 Å². The van der Waals surface area contributed by atoms with Gasteiger partial charge in [-0.3, -0.25) is 9.59 Å². The Balaban J connectivity index is 1.55. The van der Waals surface area contributed by atoms with Gasteiger partial charge in [0, 0.05) is 31.5 Å². The summed E-state index contributed by atoms with van der Waals surface area (Å²) in [5.41, 5.74) is 3.46. The standard InChI is InChI=1S/C25H27N3O3/c1-27(2)24(30)20-8-4-7-19(13-20)16-9-11-17(12-10-16)23-21(14-26)28(22(23)15-29)25(31)18-5-3-6-18/h4,7-13,18,21-23,29H,3,5-6,15H2,1-2H3/t21-,22-,23-/m1/s1. The Morgan fingerprint density at radius 1 is 1.13 bits per heavy atom. The maximum atomic E-state index is 12.7. The molecule has 2 aliphatic rings. The quantitative estimate of drug-likeness (QED) is 0.810. The van der Waals surface area contributed by atoms with E-state index in [4.69, 9.17) is 0 Å². The molecule has 2 fully saturated rings. The molecule has 31 heavy (non-hydrogen) atoms. The molecule has 2 aromatic carbocycles. The monoisotopic (exact) mass is 417 g/mol. The van der Waals surface area contributed by atoms with Crippen molar-refractivity contribution >= 4 is 11.8 Å². The number of aliphatic hydroxyl groups excluding tert-OH is 1. The first-order chi connectivity index (χ1) is 15.0. The molecule has 4 rings (SSSR count). The lowest BCUT2D eigenvalue weighted by Crippen LogP contribution is -2.66. The zero-order valence-electron chi connectivity index (χ0n) is 17.9. The van der Waals surface area contributed by atoms with Gasteiger partial charge in [0.2, 0.25) is 5.91 Å². The van der Waals surface area contributed by atoms with Crippen LogP contribution in [0.5, 0.6) is 0 Å². The van der Waals surface area contributed by atoms with Gasteiger partial charge in [-0.15, -0.1) is 0 Å². The number of benzene rings is 2. The second kappa shape index (κ2) is 8.52. The first-order valence-electron chi connectivity index (χ1n) is 10.7. The molecule has 2 amide bonds. The number of carbonyl (C=O) groups excluding carboxylic acids is 2. The molecule has 6 nitrogen and oxygen atoms in total. The van der Waals surface area contributed by atoms with Gasteiger partial charge in [-0.2, -0.15) is 5.26 Å². The summed E-state index contributed by atoms with van der Waals surface area (Å²) in [5.74, 6) is -0.237. The minimum absolute atomic E-state index is 0.00498. The van der Waals surface area contributed by atoms with Crippen LogP contribution in [0.2, 0.25) is 0 Å². The number of likely N-dealkylation sites (tertiary alicyclic amines) is 1. The molecule has 0 aromatic heterocycles. The van der Waals surface area contributed by atoms with Crippen molar-refractivity contribution in [1.82, 2.24) is 9.80 Å². The SMILES string of the molecule is CN(C)C(=O)c1cccc(-c2ccc([C@@H]3[C@@H](C#N)N(C(=O)C4CCC4)[C@@H]3CO)cc2)c1. The third-order valence-electron chi connectivity index (χ3n) is 6.58. The molecule has 160 valence electrons. The predicted octanol–water partition coefficient (Wildman–Crippen LogP) is 3.03. The van der Waals surface area contributed by atoms with Crippen LogP contribution in [0.25, 0.3) is 11.1 Å². The molecular formula is C25H27N3O3. The minimum Gasteiger partial charge on any atom is -0.394 e. The Morgan fingerprint density at radius 2 is 1.84 bits per heavy atom. The molecule has 1 saturated carbocycles. The van der Waals surface area contributed by atoms with Crippen LogP contribution < -0.4 is 0 Å². The Morgan fingerprint density at radius 3 is 2.39 bits per heavy atom. The Hall–Kier alpha value is -3.17. The Bertz CT molecular complexity index is 1020. The average Bonchev–Trinajstić information content (AvgIpc) is 2.72. The van der Waals surface area contributed by atoms with E-state index in [1.54, 1.807) is 30.0 Å². The van der Waals surface area contributed by atoms with Gasteiger partial charge in [0.05, 0.1) is 18.7 Å². The molecule has 0 spiro atoms. The highest BCUT2D eigenvalue weighted by molar-refractivity contribution is 5.95. The molecule has 1 aliphatic carbocycles. The van der Waals surface area contributed by atoms with Crippen molar-refractivity contribution < 1.29 is 14.7 Å². The lowest BCUT2D eigenvalue weighted by atomic mass is 9.73. The molecule has 1 N–H and O–H groups in total. The van der Waals surface area contributed by atoms with Gasteiger partial charge in [0.1, 0.15) is 6.04 Å². The van der Waals surface area contributed by atoms with E-state index in [-0.39, 0.29) is 36.3 Å². The number of rotatable bonds is 5. The van der Waals surface area contributed by atoms with Crippen molar-refractivity contribution in [2.24, 2.45) is 5.92 Å². The average molecular weight is 418 g/mol. The van der Waals surface area contributed by atoms with Gasteiger partial charge >= 0.3 is 0 Å². The molecule has 1 heterocycles. The normalized spacial score (nSPS) is 22.8. The maximum absolute atomic E-state index is 12.7. The maximum Gasteiger partial charge on any atom is 0.253 e. The Kier molecular flexibility index (Phi) is 5.79. The zero-order valence-corrected chi connectivity index (χ0v) is 17.9. The van der Waals surface area contributed by atoms with Crippen molar-refractivity contribution in [1.29, 1.82) is 5.26 Å². The second-order valence-corrected chi connectivity index (χ2v) is 8.63. The number of carbonyl (C=O) groups is 2. The van der Waals surface area contributed by atoms with Crippen LogP contribution >= 0.6 is 0 Å². The second-order valence-electron chi connectivity index (χ2n) is 8.63. The lowest BCUT2D eigenvalue weighted by Gasteiger charge is -2.53. The van der Waals surface area contributed by atoms with Crippen molar-refractivity contribution in [3.05, 3.63) is 59.7 Å². The predicted molar refractivity (Wildman–Crippen MR) is 117 cm³/mol. The third-order valence-corrected chi connectivity index (χ3v) is 6.58. The van der Waals surface area contributed by atoms with Crippen LogP contribution in [0, 0.1) is 17.2 Å². The fraction of sp³-hybridized carbons (Fsp3) is 0.400. The van der Waals surface area contributed by atoms with Gasteiger partial charge in [-0.25, -0.2) is 0 Å². The van der Waals surface area contributed by atoms with Gasteiger partial charge in [-0.05, 0) is 41.7 Å². The summed E-state index contributed by atoms with van der Waals surface area (Å²) in [6.45, 7) is -0.155. The van der Waals surface area contributed by atoms with Gasteiger partial charge in [-0.1, -0.05) is 42.8 Å². The first-order valence-corrected chi connectivity index (χ1v) is 10.7. The molecule has 0 bridgehead atoms. The van der Waals surface area contributed by atoms with E-state index in [1.165, 1.54) is 0 Å². The molecule has 0 radical (unpaired) electrons. The largest absolute Gasteiger partial charge is 0.394 e. The topological polar surface area (TPSA) is 84.6 Å². The van der Waals surface area contributed by atoms with E-state index < -0.39 is 6.04 Å². The fourth-order valence-electron chi connectivity index (χ4n) is 4.56. The third kappa shape index (κ3) is 3.70. The van der Waals surface area contributed by atoms with Crippen molar-refractivity contribution in [2.45, 2.75) is 37.3 Å². The number of hydrogen-bond acceptors (Lipinski definition) is 4. The van der Waals surface area contributed by atoms with E-state index in [2.05, 4.69) is 6.07 Å². The summed E-state index contributed by atoms with van der Waals surface area (Å²) in [6.07, 6.45) is 2.80. The number of nitrogens with zero attached hydrogens (tertiary/aromatic N) is 3. The summed E-state index contributed by atoms with van der Waals surface area (Å²) >= 11 is 0. The van der Waals surface area contributed by atoms with E-state index in [0.29, 0.717) is 5.56 Å². The van der Waals surface area contributed by atoms with Crippen molar-refractivity contribution in [2.75, 3.05) is 20.7 Å². The summed E-state index contributed by atoms with van der Waals surface area (Å²) in [7, 11) is 3.45. The summed E-state index contributed by atoms with van der Waals surface area (Å²) in [6, 6.07) is 16.7. The van der Waals surface area contributed by atoms with E-state index in [1.807, 2.05) is 42.5 Å². The van der Waals surface area contributed by atoms with Gasteiger partial charge in [0.25, 0.3) is 5.91 Å². The molecular weight excluding hydrogens is 390 g/mol. The molecule has 2 aromatic rings. The summed E-state index contributed by atoms with van der Waals surface area (Å²) < 4.78 is 0. The minimum atomic E-state index is -0.544. The highest BCUT2D eigenvalue weighted by atomic mass is 16.3. The number of hydrogen-bond donors (Lipinski definition) is 1. The van der Waals surface area contributed by atoms with Crippen molar-refractivity contribution in [3.8, 4) is 17.2 Å². The van der Waals surface area contributed by atoms with Gasteiger partial charge < -0.3 is 14.9 Å². The van der Waals surface area contributed by atoms with Crippen LogP contribution in [0.1, 0.15) is 41.1 Å². The van der Waals surface area contributed by atoms with Crippen LogP contribution in [0.15, 0.2) is 48.5 Å². The van der Waals surface area contributed by atoms with E-state index >= 15 is 0 Å². The molecule has 3 atom stereocenters. The van der Waals surface area contributed by atoms with Crippen molar-refractivity contribution in [3.63, 3.8) is 0 Å². The zero-order chi connectivity index (χ0) is 22.1. The molecule has 0 unspecified atom stereocenters. The number of amides is 2. The van der Waals surface area contributed by atoms with Crippen LogP contribution in [-0.2, 0) is 4.79 Å². The fourth-order valence-corrected chi connectivity index (χ4v) is 4.56. The smallest absolute Gasteiger partial charge is 0.253 e. The highest BCUT2D eigenvalue weighted by Gasteiger charge is 2.53. The molecule has 1 saturated heterocycles. The summed E-state index contributed by atoms with van der Waals surface area (Å²) in [4.78, 5) is 28.1. The Labute approximate surface area is 182 Å². The summed E-state index contributed by atoms with van der Waals surface area (Å²) in [5, 5.41) is 19.7. The highest BCUT2D eigenvalue weighted by Crippen LogP contribution is 2.43. The van der Waals surface area contributed by atoms with Crippen LogP contribution in [0.3, 0.4) is 0 Å². The number of aliphatic hydroxyl groups is 1. The molecule has 1 aliphatic heterocycles. The molecule has 6 heteroatoms. The van der Waals surface area contributed by atoms with E-state index in [9.17, 15) is 20.0 Å². The van der Waals surface area contributed by atoms with Gasteiger partial charge in [0.15, 0.2) is 0 Å².